The van der Waals surface area contributed by atoms with Crippen LogP contribution in [0.15, 0.2) is 0 Å². The molecule has 1 amide bonds. The van der Waals surface area contributed by atoms with Crippen molar-refractivity contribution in [2.24, 2.45) is 0 Å². The highest BCUT2D eigenvalue weighted by Crippen LogP contribution is 2.21. The van der Waals surface area contributed by atoms with Gasteiger partial charge in [0.2, 0.25) is 5.91 Å². The molecular formula is C79H157NO5. The van der Waals surface area contributed by atoms with Crippen LogP contribution in [-0.2, 0) is 14.3 Å². The van der Waals surface area contributed by atoms with E-state index < -0.39 is 12.1 Å². The van der Waals surface area contributed by atoms with Crippen LogP contribution in [0.2, 0.25) is 0 Å². The number of rotatable bonds is 76. The molecule has 0 rings (SSSR count). The lowest BCUT2D eigenvalue weighted by Gasteiger charge is -2.22. The van der Waals surface area contributed by atoms with Gasteiger partial charge in [0.15, 0.2) is 0 Å². The Morgan fingerprint density at radius 3 is 0.718 bits per heavy atom. The lowest BCUT2D eigenvalue weighted by atomic mass is 10.0. The van der Waals surface area contributed by atoms with Gasteiger partial charge in [0.1, 0.15) is 0 Å². The summed E-state index contributed by atoms with van der Waals surface area (Å²) in [6.45, 7) is 5.01. The molecule has 0 saturated carbocycles. The Morgan fingerprint density at radius 2 is 0.482 bits per heavy atom. The summed E-state index contributed by atoms with van der Waals surface area (Å²) >= 11 is 0. The van der Waals surface area contributed by atoms with E-state index in [2.05, 4.69) is 19.2 Å². The molecule has 0 fully saturated rings. The number of unbranched alkanes of at least 4 members (excludes halogenated alkanes) is 65. The third-order valence-electron chi connectivity index (χ3n) is 19.2. The summed E-state index contributed by atoms with van der Waals surface area (Å²) in [6.07, 6.45) is 93.6. The molecule has 0 radical (unpaired) electrons. The zero-order valence-electron chi connectivity index (χ0n) is 58.4. The normalized spacial score (nSPS) is 12.4. The Labute approximate surface area is 534 Å². The number of esters is 1. The van der Waals surface area contributed by atoms with Gasteiger partial charge in [-0.25, -0.2) is 0 Å². The van der Waals surface area contributed by atoms with Crippen LogP contribution in [0, 0.1) is 0 Å². The van der Waals surface area contributed by atoms with Crippen LogP contribution in [0.25, 0.3) is 0 Å². The van der Waals surface area contributed by atoms with E-state index >= 15 is 0 Å². The minimum atomic E-state index is -0.659. The van der Waals surface area contributed by atoms with Gasteiger partial charge in [0.05, 0.1) is 25.4 Å². The van der Waals surface area contributed by atoms with E-state index in [-0.39, 0.29) is 18.5 Å². The number of nitrogens with one attached hydrogen (secondary N) is 1. The maximum Gasteiger partial charge on any atom is 0.305 e. The van der Waals surface area contributed by atoms with Crippen molar-refractivity contribution < 1.29 is 24.5 Å². The van der Waals surface area contributed by atoms with E-state index in [4.69, 9.17) is 4.74 Å². The van der Waals surface area contributed by atoms with E-state index in [1.807, 2.05) is 0 Å². The minimum Gasteiger partial charge on any atom is -0.466 e. The Morgan fingerprint density at radius 1 is 0.282 bits per heavy atom. The summed E-state index contributed by atoms with van der Waals surface area (Å²) < 4.78 is 5.48. The van der Waals surface area contributed by atoms with Crippen LogP contribution < -0.4 is 5.32 Å². The molecule has 3 N–H and O–H groups in total. The van der Waals surface area contributed by atoms with Gasteiger partial charge in [-0.15, -0.1) is 0 Å². The third kappa shape index (κ3) is 71.8. The fourth-order valence-corrected chi connectivity index (χ4v) is 13.1. The van der Waals surface area contributed by atoms with Crippen LogP contribution in [0.1, 0.15) is 470 Å². The maximum absolute atomic E-state index is 12.5. The molecule has 0 saturated heterocycles. The SMILES string of the molecule is CCCCCCCCCCCCCCCCCCCCC(O)C(CO)NC(=O)CCCCCCCCCCCCCCCCCCCCCCCCCCCCCCCCCCCCCCCCCOC(=O)CCCCCCCCCCCCC. The Bertz CT molecular complexity index is 1240. The molecule has 0 aliphatic rings. The summed E-state index contributed by atoms with van der Waals surface area (Å²) in [5.41, 5.74) is 0. The highest BCUT2D eigenvalue weighted by Gasteiger charge is 2.20. The predicted octanol–water partition coefficient (Wildman–Crippen LogP) is 26.1. The van der Waals surface area contributed by atoms with E-state index in [0.717, 1.165) is 38.5 Å². The van der Waals surface area contributed by atoms with E-state index in [0.29, 0.717) is 25.9 Å². The molecule has 0 spiro atoms. The number of carbonyl (C=O) groups is 2. The highest BCUT2D eigenvalue weighted by atomic mass is 16.5. The third-order valence-corrected chi connectivity index (χ3v) is 19.2. The largest absolute Gasteiger partial charge is 0.466 e. The molecule has 2 atom stereocenters. The van der Waals surface area contributed by atoms with Crippen LogP contribution in [0.4, 0.5) is 0 Å². The second-order valence-electron chi connectivity index (χ2n) is 27.8. The molecule has 0 heterocycles. The first-order chi connectivity index (χ1) is 42.0. The monoisotopic (exact) mass is 1200 g/mol. The Kier molecular flexibility index (Phi) is 74.3. The van der Waals surface area contributed by atoms with Crippen molar-refractivity contribution in [3.63, 3.8) is 0 Å². The fourth-order valence-electron chi connectivity index (χ4n) is 13.1. The number of hydrogen-bond acceptors (Lipinski definition) is 5. The number of aliphatic hydroxyl groups is 2. The molecule has 0 aliphatic carbocycles. The average molecular weight is 1200 g/mol. The summed E-state index contributed by atoms with van der Waals surface area (Å²) in [5, 5.41) is 23.4. The zero-order valence-corrected chi connectivity index (χ0v) is 58.4. The van der Waals surface area contributed by atoms with Crippen molar-refractivity contribution in [1.29, 1.82) is 0 Å². The molecule has 6 heteroatoms. The molecule has 0 bridgehead atoms. The fraction of sp³-hybridized carbons (Fsp3) is 0.975. The summed E-state index contributed by atoms with van der Waals surface area (Å²) in [7, 11) is 0. The van der Waals surface area contributed by atoms with Crippen LogP contribution in [-0.4, -0.2) is 47.4 Å². The first kappa shape index (κ1) is 83.9. The topological polar surface area (TPSA) is 95.9 Å². The first-order valence-electron chi connectivity index (χ1n) is 39.8. The van der Waals surface area contributed by atoms with Crippen molar-refractivity contribution in [2.75, 3.05) is 13.2 Å². The van der Waals surface area contributed by atoms with Gasteiger partial charge in [0, 0.05) is 12.8 Å². The molecule has 508 valence electrons. The van der Waals surface area contributed by atoms with Crippen LogP contribution in [0.3, 0.4) is 0 Å². The minimum absolute atomic E-state index is 0.0235. The number of aliphatic hydroxyl groups excluding tert-OH is 2. The number of carbonyl (C=O) groups excluding carboxylic acids is 2. The van der Waals surface area contributed by atoms with Gasteiger partial charge in [-0.1, -0.05) is 431 Å². The highest BCUT2D eigenvalue weighted by molar-refractivity contribution is 5.76. The molecule has 0 aromatic rings. The quantitative estimate of drug-likeness (QED) is 0.0417. The number of ether oxygens (including phenoxy) is 1. The number of hydrogen-bond donors (Lipinski definition) is 3. The van der Waals surface area contributed by atoms with Crippen molar-refractivity contribution >= 4 is 11.9 Å². The van der Waals surface area contributed by atoms with Crippen LogP contribution in [0.5, 0.6) is 0 Å². The van der Waals surface area contributed by atoms with Crippen molar-refractivity contribution in [1.82, 2.24) is 5.32 Å². The standard InChI is InChI=1S/C79H157NO5/c1-3-5-7-9-11-13-15-16-17-18-42-45-48-52-55-59-63-67-71-77(82)76(75-81)80-78(83)72-68-64-60-56-53-49-46-43-40-38-36-34-32-30-28-26-24-22-20-19-21-23-25-27-29-31-33-35-37-39-41-44-47-50-54-58-62-66-70-74-85-79(84)73-69-65-61-57-51-14-12-10-8-6-4-2/h76-77,81-82H,3-75H2,1-2H3,(H,80,83). The summed E-state index contributed by atoms with van der Waals surface area (Å²) in [6, 6.07) is -0.536. The van der Waals surface area contributed by atoms with Gasteiger partial charge in [-0.3, -0.25) is 9.59 Å². The molecule has 2 unspecified atom stereocenters. The molecule has 0 aromatic carbocycles. The van der Waals surface area contributed by atoms with E-state index in [1.54, 1.807) is 0 Å². The van der Waals surface area contributed by atoms with Crippen molar-refractivity contribution in [2.45, 2.75) is 482 Å². The van der Waals surface area contributed by atoms with Gasteiger partial charge in [0.25, 0.3) is 0 Å². The van der Waals surface area contributed by atoms with Gasteiger partial charge in [-0.05, 0) is 25.7 Å². The molecule has 0 aliphatic heterocycles. The lowest BCUT2D eigenvalue weighted by molar-refractivity contribution is -0.143. The Balaban J connectivity index is 3.28. The molecular weight excluding hydrogens is 1040 g/mol. The second-order valence-corrected chi connectivity index (χ2v) is 27.8. The van der Waals surface area contributed by atoms with E-state index in [9.17, 15) is 19.8 Å². The first-order valence-corrected chi connectivity index (χ1v) is 39.8. The summed E-state index contributed by atoms with van der Waals surface area (Å²) in [4.78, 5) is 24.6. The number of amides is 1. The van der Waals surface area contributed by atoms with E-state index in [1.165, 1.54) is 398 Å². The second kappa shape index (κ2) is 75.3. The average Bonchev–Trinajstić information content (AvgIpc) is 3.55. The van der Waals surface area contributed by atoms with Gasteiger partial charge in [-0.2, -0.15) is 0 Å². The van der Waals surface area contributed by atoms with Crippen molar-refractivity contribution in [3.05, 3.63) is 0 Å². The predicted molar refractivity (Wildman–Crippen MR) is 375 cm³/mol. The zero-order chi connectivity index (χ0) is 61.3. The maximum atomic E-state index is 12.5. The molecule has 85 heavy (non-hydrogen) atoms. The smallest absolute Gasteiger partial charge is 0.305 e. The lowest BCUT2D eigenvalue weighted by Crippen LogP contribution is -2.45. The molecule has 0 aromatic heterocycles. The van der Waals surface area contributed by atoms with Gasteiger partial charge >= 0.3 is 5.97 Å². The van der Waals surface area contributed by atoms with Crippen LogP contribution >= 0.6 is 0 Å². The van der Waals surface area contributed by atoms with Gasteiger partial charge < -0.3 is 20.3 Å². The summed E-state index contributed by atoms with van der Waals surface area (Å²) in [5.74, 6) is 0.00142. The Hall–Kier alpha value is -1.14. The molecule has 6 nitrogen and oxygen atoms in total. The van der Waals surface area contributed by atoms with Crippen molar-refractivity contribution in [3.8, 4) is 0 Å².